The molecule has 0 aliphatic heterocycles. The van der Waals surface area contributed by atoms with Gasteiger partial charge in [-0.05, 0) is 42.5 Å². The van der Waals surface area contributed by atoms with Gasteiger partial charge in [0.05, 0.1) is 25.6 Å². The van der Waals surface area contributed by atoms with Crippen LogP contribution < -0.4 is 0 Å². The largest absolute Gasteiger partial charge is 0.261 e. The van der Waals surface area contributed by atoms with Crippen molar-refractivity contribution in [2.75, 3.05) is 13.7 Å². The van der Waals surface area contributed by atoms with E-state index in [4.69, 9.17) is 9.78 Å². The van der Waals surface area contributed by atoms with E-state index in [1.807, 2.05) is 6.07 Å². The second kappa shape index (κ2) is 6.56. The van der Waals surface area contributed by atoms with Gasteiger partial charge in [0.15, 0.2) is 0 Å². The topological polar surface area (TPSA) is 44.2 Å². The predicted molar refractivity (Wildman–Crippen MR) is 85.0 cm³/mol. The van der Waals surface area contributed by atoms with Gasteiger partial charge in [-0.25, -0.2) is 14.2 Å². The lowest BCUT2D eigenvalue weighted by Gasteiger charge is -2.28. The molecule has 1 aromatic heterocycles. The molecule has 3 rings (SSSR count). The summed E-state index contributed by atoms with van der Waals surface area (Å²) in [6, 6.07) is 5.17. The van der Waals surface area contributed by atoms with Crippen LogP contribution in [0.1, 0.15) is 29.7 Å². The summed E-state index contributed by atoms with van der Waals surface area (Å²) in [5.74, 6) is -0.208. The van der Waals surface area contributed by atoms with Crippen LogP contribution >= 0.6 is 0 Å². The molecule has 1 aromatic carbocycles. The zero-order valence-corrected chi connectivity index (χ0v) is 13.3. The summed E-state index contributed by atoms with van der Waals surface area (Å²) in [6.45, 7) is 2.13. The summed E-state index contributed by atoms with van der Waals surface area (Å²) >= 11 is 0. The van der Waals surface area contributed by atoms with Crippen molar-refractivity contribution in [3.8, 4) is 0 Å². The van der Waals surface area contributed by atoms with E-state index >= 15 is 0 Å². The van der Waals surface area contributed by atoms with Gasteiger partial charge in [-0.2, -0.15) is 0 Å². The number of hydrogen-bond donors (Lipinski definition) is 0. The molecule has 1 aliphatic rings. The van der Waals surface area contributed by atoms with Crippen molar-refractivity contribution in [2.45, 2.75) is 25.2 Å². The van der Waals surface area contributed by atoms with E-state index < -0.39 is 5.41 Å². The van der Waals surface area contributed by atoms with Crippen LogP contribution in [0.3, 0.4) is 0 Å². The average Bonchev–Trinajstić information content (AvgIpc) is 3.02. The molecule has 4 nitrogen and oxygen atoms in total. The lowest BCUT2D eigenvalue weighted by Crippen LogP contribution is -2.28. The molecule has 1 unspecified atom stereocenters. The number of aromatic nitrogens is 2. The van der Waals surface area contributed by atoms with E-state index in [0.717, 1.165) is 29.7 Å². The van der Waals surface area contributed by atoms with Crippen LogP contribution in [0.25, 0.3) is 5.57 Å². The summed E-state index contributed by atoms with van der Waals surface area (Å²) in [5.41, 5.74) is 3.09. The van der Waals surface area contributed by atoms with Gasteiger partial charge in [0, 0.05) is 17.8 Å². The molecule has 1 aliphatic carbocycles. The Balaban J connectivity index is 2.05. The maximum Gasteiger partial charge on any atom is 0.126 e. The molecule has 0 saturated carbocycles. The van der Waals surface area contributed by atoms with Crippen LogP contribution in [0.5, 0.6) is 0 Å². The van der Waals surface area contributed by atoms with Crippen LogP contribution in [0.4, 0.5) is 4.39 Å². The first-order valence-corrected chi connectivity index (χ1v) is 7.55. The van der Waals surface area contributed by atoms with Crippen molar-refractivity contribution in [1.29, 1.82) is 0 Å². The smallest absolute Gasteiger partial charge is 0.126 e. The molecule has 0 radical (unpaired) electrons. The van der Waals surface area contributed by atoms with Crippen molar-refractivity contribution in [2.24, 2.45) is 0 Å². The van der Waals surface area contributed by atoms with Gasteiger partial charge in [-0.1, -0.05) is 18.2 Å². The standard InChI is InChI=1S/C18H19FN2O2/c1-13-15(4-3-5-16(13)19)18(12-23-22-2)7-6-14(10-18)17-11-20-8-9-21-17/h3-5,8-11H,6-7,12H2,1-2H3. The van der Waals surface area contributed by atoms with Crippen LogP contribution in [0.2, 0.25) is 0 Å². The van der Waals surface area contributed by atoms with Crippen LogP contribution in [-0.2, 0) is 15.2 Å². The van der Waals surface area contributed by atoms with E-state index in [2.05, 4.69) is 16.0 Å². The fraction of sp³-hybridized carbons (Fsp3) is 0.333. The van der Waals surface area contributed by atoms with Crippen molar-refractivity contribution in [1.82, 2.24) is 9.97 Å². The minimum atomic E-state index is -0.422. The molecular weight excluding hydrogens is 295 g/mol. The highest BCUT2D eigenvalue weighted by molar-refractivity contribution is 5.68. The lowest BCUT2D eigenvalue weighted by atomic mass is 9.78. The first-order valence-electron chi connectivity index (χ1n) is 7.55. The molecule has 2 aromatic rings. The van der Waals surface area contributed by atoms with Crippen LogP contribution in [-0.4, -0.2) is 23.7 Å². The molecule has 0 saturated heterocycles. The zero-order chi connectivity index (χ0) is 16.3. The van der Waals surface area contributed by atoms with Gasteiger partial charge in [0.1, 0.15) is 5.82 Å². The molecule has 23 heavy (non-hydrogen) atoms. The lowest BCUT2D eigenvalue weighted by molar-refractivity contribution is -0.280. The van der Waals surface area contributed by atoms with Gasteiger partial charge in [0.25, 0.3) is 0 Å². The van der Waals surface area contributed by atoms with E-state index in [1.165, 1.54) is 13.2 Å². The molecule has 0 spiro atoms. The number of hydrogen-bond acceptors (Lipinski definition) is 4. The Hall–Kier alpha value is -2.11. The maximum absolute atomic E-state index is 14.0. The van der Waals surface area contributed by atoms with Crippen LogP contribution in [0, 0.1) is 12.7 Å². The summed E-state index contributed by atoms with van der Waals surface area (Å²) in [4.78, 5) is 18.5. The summed E-state index contributed by atoms with van der Waals surface area (Å²) in [6.07, 6.45) is 8.84. The van der Waals surface area contributed by atoms with Crippen molar-refractivity contribution in [3.05, 3.63) is 65.5 Å². The third-order valence-electron chi connectivity index (χ3n) is 4.42. The third kappa shape index (κ3) is 3.02. The van der Waals surface area contributed by atoms with Gasteiger partial charge in [0.2, 0.25) is 0 Å². The molecule has 1 atom stereocenters. The Labute approximate surface area is 134 Å². The highest BCUT2D eigenvalue weighted by atomic mass is 19.1. The Bertz CT molecular complexity index is 718. The number of benzene rings is 1. The van der Waals surface area contributed by atoms with E-state index in [0.29, 0.717) is 12.2 Å². The molecule has 0 fully saturated rings. The molecule has 1 heterocycles. The number of halogens is 1. The molecular formula is C18H19FN2O2. The van der Waals surface area contributed by atoms with Gasteiger partial charge in [-0.15, -0.1) is 0 Å². The summed E-state index contributed by atoms with van der Waals surface area (Å²) in [5, 5.41) is 0. The Morgan fingerprint density at radius 2 is 2.17 bits per heavy atom. The van der Waals surface area contributed by atoms with Gasteiger partial charge >= 0.3 is 0 Å². The van der Waals surface area contributed by atoms with Gasteiger partial charge in [-0.3, -0.25) is 9.97 Å². The second-order valence-corrected chi connectivity index (χ2v) is 5.76. The van der Waals surface area contributed by atoms with Crippen molar-refractivity contribution >= 4 is 5.57 Å². The second-order valence-electron chi connectivity index (χ2n) is 5.76. The first kappa shape index (κ1) is 15.8. The normalized spacial score (nSPS) is 20.6. The number of allylic oxidation sites excluding steroid dienone is 1. The third-order valence-corrected chi connectivity index (χ3v) is 4.42. The number of nitrogens with zero attached hydrogens (tertiary/aromatic N) is 2. The zero-order valence-electron chi connectivity index (χ0n) is 13.3. The fourth-order valence-corrected chi connectivity index (χ4v) is 3.22. The first-order chi connectivity index (χ1) is 11.2. The van der Waals surface area contributed by atoms with E-state index in [1.54, 1.807) is 31.6 Å². The molecule has 120 valence electrons. The maximum atomic E-state index is 14.0. The minimum absolute atomic E-state index is 0.208. The molecule has 0 amide bonds. The highest BCUT2D eigenvalue weighted by Gasteiger charge is 2.38. The monoisotopic (exact) mass is 314 g/mol. The Kier molecular flexibility index (Phi) is 4.50. The Morgan fingerprint density at radius 1 is 1.30 bits per heavy atom. The van der Waals surface area contributed by atoms with Crippen molar-refractivity contribution in [3.63, 3.8) is 0 Å². The predicted octanol–water partition coefficient (Wildman–Crippen LogP) is 3.62. The van der Waals surface area contributed by atoms with Crippen molar-refractivity contribution < 1.29 is 14.2 Å². The molecule has 0 bridgehead atoms. The van der Waals surface area contributed by atoms with E-state index in [-0.39, 0.29) is 5.82 Å². The Morgan fingerprint density at radius 3 is 2.91 bits per heavy atom. The quantitative estimate of drug-likeness (QED) is 0.624. The van der Waals surface area contributed by atoms with E-state index in [9.17, 15) is 4.39 Å². The molecule has 5 heteroatoms. The molecule has 0 N–H and O–H groups in total. The van der Waals surface area contributed by atoms with Crippen LogP contribution in [0.15, 0.2) is 42.9 Å². The number of rotatable bonds is 5. The average molecular weight is 314 g/mol. The SMILES string of the molecule is COOCC1(c2cccc(F)c2C)C=C(c2cnccn2)CC1. The van der Waals surface area contributed by atoms with Gasteiger partial charge < -0.3 is 0 Å². The minimum Gasteiger partial charge on any atom is -0.261 e. The fourth-order valence-electron chi connectivity index (χ4n) is 3.22. The summed E-state index contributed by atoms with van der Waals surface area (Å²) < 4.78 is 14.0. The summed E-state index contributed by atoms with van der Waals surface area (Å²) in [7, 11) is 1.48. The highest BCUT2D eigenvalue weighted by Crippen LogP contribution is 2.44.